The average Bonchev–Trinajstić information content (AvgIpc) is 2.63. The smallest absolute Gasteiger partial charge is 0.303 e. The van der Waals surface area contributed by atoms with E-state index in [9.17, 15) is 18.3 Å². The number of ether oxygens (including phenoxy) is 1. The predicted octanol–water partition coefficient (Wildman–Crippen LogP) is 1.95. The van der Waals surface area contributed by atoms with Crippen LogP contribution < -0.4 is 9.46 Å². The molecule has 1 unspecified atom stereocenters. The molecule has 0 amide bonds. The van der Waals surface area contributed by atoms with Crippen LogP contribution in [0.5, 0.6) is 5.75 Å². The number of aromatic nitrogens is 1. The van der Waals surface area contributed by atoms with E-state index in [-0.39, 0.29) is 18.8 Å². The molecule has 0 saturated heterocycles. The van der Waals surface area contributed by atoms with Crippen LogP contribution in [0, 0.1) is 0 Å². The number of carboxylic acid groups (broad SMARTS) is 1. The van der Waals surface area contributed by atoms with Crippen molar-refractivity contribution in [2.45, 2.75) is 57.5 Å². The highest BCUT2D eigenvalue weighted by Gasteiger charge is 2.11. The molecular weight excluding hydrogens is 372 g/mol. The topological polar surface area (TPSA) is 126 Å². The van der Waals surface area contributed by atoms with E-state index in [2.05, 4.69) is 9.71 Å². The molecule has 27 heavy (non-hydrogen) atoms. The van der Waals surface area contributed by atoms with Crippen molar-refractivity contribution in [1.82, 2.24) is 9.71 Å². The number of aliphatic carboxylic acids is 1. The maximum Gasteiger partial charge on any atom is 0.303 e. The van der Waals surface area contributed by atoms with Gasteiger partial charge in [0.1, 0.15) is 12.4 Å². The molecular formula is C18H30N2O6S. The quantitative estimate of drug-likeness (QED) is 0.361. The third-order valence-electron chi connectivity index (χ3n) is 3.92. The minimum absolute atomic E-state index is 0.0300. The molecule has 0 spiro atoms. The monoisotopic (exact) mass is 402 g/mol. The fraction of sp³-hybridized carbons (Fsp3) is 0.667. The molecule has 154 valence electrons. The first-order valence-corrected chi connectivity index (χ1v) is 10.9. The third kappa shape index (κ3) is 13.2. The molecule has 0 fully saturated rings. The van der Waals surface area contributed by atoms with Crippen LogP contribution >= 0.6 is 0 Å². The molecule has 8 nitrogen and oxygen atoms in total. The molecule has 1 atom stereocenters. The van der Waals surface area contributed by atoms with E-state index in [1.165, 1.54) is 0 Å². The van der Waals surface area contributed by atoms with Gasteiger partial charge >= 0.3 is 5.97 Å². The number of rotatable bonds is 16. The summed E-state index contributed by atoms with van der Waals surface area (Å²) in [5.41, 5.74) is 0. The lowest BCUT2D eigenvalue weighted by Crippen LogP contribution is -2.27. The summed E-state index contributed by atoms with van der Waals surface area (Å²) >= 11 is 0. The third-order valence-corrected chi connectivity index (χ3v) is 5.39. The molecule has 0 aromatic carbocycles. The normalized spacial score (nSPS) is 12.6. The fourth-order valence-corrected chi connectivity index (χ4v) is 3.62. The van der Waals surface area contributed by atoms with Crippen LogP contribution in [0.3, 0.4) is 0 Å². The standard InChI is InChI=1S/C18H30N2O6S/c21-16(15-26-17-9-7-11-19-14-17)8-4-6-13-27(24,25)20-12-5-2-1-3-10-18(22)23/h7,9,11,14,16,20-21H,1-6,8,10,12-13,15H2,(H,22,23). The van der Waals surface area contributed by atoms with Gasteiger partial charge in [-0.15, -0.1) is 0 Å². The number of sulfonamides is 1. The molecule has 9 heteroatoms. The molecule has 1 heterocycles. The minimum Gasteiger partial charge on any atom is -0.489 e. The van der Waals surface area contributed by atoms with Gasteiger partial charge in [0.05, 0.1) is 18.1 Å². The SMILES string of the molecule is O=C(O)CCCCCCNS(=O)(=O)CCCCC(O)COc1cccnc1. The number of nitrogens with one attached hydrogen (secondary N) is 1. The van der Waals surface area contributed by atoms with E-state index in [1.807, 2.05) is 0 Å². The van der Waals surface area contributed by atoms with Gasteiger partial charge in [0.15, 0.2) is 0 Å². The van der Waals surface area contributed by atoms with Crippen molar-refractivity contribution in [1.29, 1.82) is 0 Å². The van der Waals surface area contributed by atoms with Crippen molar-refractivity contribution >= 4 is 16.0 Å². The van der Waals surface area contributed by atoms with Crippen LogP contribution in [-0.4, -0.2) is 54.6 Å². The Hall–Kier alpha value is -1.71. The van der Waals surface area contributed by atoms with Crippen molar-refractivity contribution in [3.8, 4) is 5.75 Å². The number of aliphatic hydroxyl groups is 1. The number of carbonyl (C=O) groups is 1. The van der Waals surface area contributed by atoms with Crippen LogP contribution in [0.15, 0.2) is 24.5 Å². The van der Waals surface area contributed by atoms with Gasteiger partial charge in [0.25, 0.3) is 0 Å². The summed E-state index contributed by atoms with van der Waals surface area (Å²) in [6.07, 6.45) is 7.15. The Kier molecular flexibility index (Phi) is 11.6. The minimum atomic E-state index is -3.31. The number of hydrogen-bond donors (Lipinski definition) is 3. The zero-order valence-corrected chi connectivity index (χ0v) is 16.4. The molecule has 3 N–H and O–H groups in total. The summed E-state index contributed by atoms with van der Waals surface area (Å²) in [5.74, 6) is -0.182. The van der Waals surface area contributed by atoms with E-state index in [4.69, 9.17) is 9.84 Å². The van der Waals surface area contributed by atoms with Crippen molar-refractivity contribution in [3.63, 3.8) is 0 Å². The molecule has 1 rings (SSSR count). The van der Waals surface area contributed by atoms with Crippen LogP contribution in [0.2, 0.25) is 0 Å². The summed E-state index contributed by atoms with van der Waals surface area (Å²) in [5, 5.41) is 18.4. The van der Waals surface area contributed by atoms with Crippen LogP contribution in [0.25, 0.3) is 0 Å². The first-order valence-electron chi connectivity index (χ1n) is 9.29. The van der Waals surface area contributed by atoms with Gasteiger partial charge in [-0.1, -0.05) is 12.8 Å². The van der Waals surface area contributed by atoms with Crippen molar-refractivity contribution in [2.75, 3.05) is 18.9 Å². The maximum atomic E-state index is 11.9. The van der Waals surface area contributed by atoms with Gasteiger partial charge in [-0.05, 0) is 44.2 Å². The molecule has 0 saturated carbocycles. The second-order valence-electron chi connectivity index (χ2n) is 6.42. The second kappa shape index (κ2) is 13.5. The Morgan fingerprint density at radius 2 is 1.96 bits per heavy atom. The molecule has 0 aliphatic carbocycles. The summed E-state index contributed by atoms with van der Waals surface area (Å²) < 4.78 is 31.7. The van der Waals surface area contributed by atoms with Gasteiger partial charge in [-0.25, -0.2) is 13.1 Å². The van der Waals surface area contributed by atoms with E-state index in [0.29, 0.717) is 44.4 Å². The number of hydrogen-bond acceptors (Lipinski definition) is 6. The van der Waals surface area contributed by atoms with Crippen molar-refractivity contribution < 1.29 is 28.2 Å². The zero-order chi connectivity index (χ0) is 20.0. The molecule has 1 aromatic heterocycles. The predicted molar refractivity (Wildman–Crippen MR) is 102 cm³/mol. The van der Waals surface area contributed by atoms with E-state index >= 15 is 0 Å². The Labute approximate surface area is 161 Å². The van der Waals surface area contributed by atoms with Gasteiger partial charge in [0.2, 0.25) is 10.0 Å². The van der Waals surface area contributed by atoms with Gasteiger partial charge in [-0.3, -0.25) is 9.78 Å². The van der Waals surface area contributed by atoms with Crippen LogP contribution in [0.4, 0.5) is 0 Å². The highest BCUT2D eigenvalue weighted by Crippen LogP contribution is 2.09. The second-order valence-corrected chi connectivity index (χ2v) is 8.35. The zero-order valence-electron chi connectivity index (χ0n) is 15.5. The lowest BCUT2D eigenvalue weighted by atomic mass is 10.1. The fourth-order valence-electron chi connectivity index (χ4n) is 2.43. The van der Waals surface area contributed by atoms with Crippen molar-refractivity contribution in [2.24, 2.45) is 0 Å². The largest absolute Gasteiger partial charge is 0.489 e. The molecule has 0 aliphatic heterocycles. The van der Waals surface area contributed by atoms with Crippen LogP contribution in [-0.2, 0) is 14.8 Å². The first kappa shape index (κ1) is 23.3. The summed E-state index contributed by atoms with van der Waals surface area (Å²) in [6.45, 7) is 0.523. The Morgan fingerprint density at radius 1 is 1.19 bits per heavy atom. The average molecular weight is 403 g/mol. The number of unbranched alkanes of at least 4 members (excludes halogenated alkanes) is 4. The summed E-state index contributed by atoms with van der Waals surface area (Å²) in [7, 11) is -3.31. The van der Waals surface area contributed by atoms with Crippen LogP contribution in [0.1, 0.15) is 51.4 Å². The lowest BCUT2D eigenvalue weighted by molar-refractivity contribution is -0.137. The highest BCUT2D eigenvalue weighted by molar-refractivity contribution is 7.89. The number of aliphatic hydroxyl groups excluding tert-OH is 1. The number of nitrogens with zero attached hydrogens (tertiary/aromatic N) is 1. The number of carboxylic acids is 1. The van der Waals surface area contributed by atoms with Crippen molar-refractivity contribution in [3.05, 3.63) is 24.5 Å². The van der Waals surface area contributed by atoms with E-state index in [1.54, 1.807) is 24.5 Å². The summed E-state index contributed by atoms with van der Waals surface area (Å²) in [6, 6.07) is 3.50. The van der Waals surface area contributed by atoms with E-state index < -0.39 is 22.1 Å². The highest BCUT2D eigenvalue weighted by atomic mass is 32.2. The maximum absolute atomic E-state index is 11.9. The van der Waals surface area contributed by atoms with Gasteiger partial charge in [0, 0.05) is 19.2 Å². The molecule has 0 aliphatic rings. The summed E-state index contributed by atoms with van der Waals surface area (Å²) in [4.78, 5) is 14.3. The first-order chi connectivity index (χ1) is 12.9. The molecule has 1 aromatic rings. The number of pyridine rings is 1. The Morgan fingerprint density at radius 3 is 2.67 bits per heavy atom. The van der Waals surface area contributed by atoms with E-state index in [0.717, 1.165) is 12.8 Å². The Balaban J connectivity index is 2.02. The molecule has 0 radical (unpaired) electrons. The Bertz CT molecular complexity index is 624. The lowest BCUT2D eigenvalue weighted by Gasteiger charge is -2.12. The van der Waals surface area contributed by atoms with Gasteiger partial charge in [-0.2, -0.15) is 0 Å². The molecule has 0 bridgehead atoms. The van der Waals surface area contributed by atoms with Gasteiger partial charge < -0.3 is 14.9 Å².